The number of nitrogens with one attached hydrogen (secondary N) is 1. The van der Waals surface area contributed by atoms with E-state index in [1.165, 1.54) is 0 Å². The van der Waals surface area contributed by atoms with Gasteiger partial charge in [0.25, 0.3) is 5.91 Å². The number of hydrogen-bond acceptors (Lipinski definition) is 3. The van der Waals surface area contributed by atoms with Crippen LogP contribution in [0, 0.1) is 13.8 Å². The van der Waals surface area contributed by atoms with E-state index in [2.05, 4.69) is 5.32 Å². The van der Waals surface area contributed by atoms with E-state index in [1.54, 1.807) is 6.07 Å². The first-order valence-corrected chi connectivity index (χ1v) is 6.79. The average Bonchev–Trinajstić information content (AvgIpc) is 2.48. The highest BCUT2D eigenvalue weighted by Gasteiger charge is 2.09. The van der Waals surface area contributed by atoms with Gasteiger partial charge >= 0.3 is 0 Å². The smallest absolute Gasteiger partial charge is 0.262 e. The Balaban J connectivity index is 1.97. The third-order valence-electron chi connectivity index (χ3n) is 3.15. The average molecular weight is 285 g/mol. The Labute approximate surface area is 124 Å². The molecule has 0 spiro atoms. The lowest BCUT2D eigenvalue weighted by molar-refractivity contribution is -0.118. The fourth-order valence-electron chi connectivity index (χ4n) is 2.02. The molecule has 1 amide bonds. The van der Waals surface area contributed by atoms with Gasteiger partial charge in [-0.3, -0.25) is 4.79 Å². The van der Waals surface area contributed by atoms with Gasteiger partial charge < -0.3 is 15.2 Å². The highest BCUT2D eigenvalue weighted by Crippen LogP contribution is 2.23. The molecule has 0 heterocycles. The quantitative estimate of drug-likeness (QED) is 0.888. The summed E-state index contributed by atoms with van der Waals surface area (Å²) in [5.74, 6) is 0.338. The molecule has 0 aliphatic rings. The number of para-hydroxylation sites is 1. The Morgan fingerprint density at radius 2 is 1.86 bits per heavy atom. The SMILES string of the molecule is Cc1ccc(NC(=O)COc2c(C)cccc2CO)cc1. The van der Waals surface area contributed by atoms with Gasteiger partial charge in [0, 0.05) is 11.3 Å². The highest BCUT2D eigenvalue weighted by molar-refractivity contribution is 5.91. The standard InChI is InChI=1S/C17H19NO3/c1-12-6-8-15(9-7-12)18-16(20)11-21-17-13(2)4-3-5-14(17)10-19/h3-9,19H,10-11H2,1-2H3,(H,18,20). The van der Waals surface area contributed by atoms with Crippen molar-refractivity contribution in [3.63, 3.8) is 0 Å². The van der Waals surface area contributed by atoms with Crippen LogP contribution in [0.4, 0.5) is 5.69 Å². The summed E-state index contributed by atoms with van der Waals surface area (Å²) in [6.45, 7) is 3.66. The summed E-state index contributed by atoms with van der Waals surface area (Å²) in [5, 5.41) is 12.1. The van der Waals surface area contributed by atoms with Crippen molar-refractivity contribution >= 4 is 11.6 Å². The number of hydrogen-bond donors (Lipinski definition) is 2. The fraction of sp³-hybridized carbons (Fsp3) is 0.235. The number of ether oxygens (including phenoxy) is 1. The molecule has 4 nitrogen and oxygen atoms in total. The molecule has 4 heteroatoms. The molecule has 21 heavy (non-hydrogen) atoms. The van der Waals surface area contributed by atoms with Crippen molar-refractivity contribution in [2.24, 2.45) is 0 Å². The van der Waals surface area contributed by atoms with E-state index in [0.717, 1.165) is 16.8 Å². The minimum atomic E-state index is -0.231. The summed E-state index contributed by atoms with van der Waals surface area (Å²) < 4.78 is 5.54. The van der Waals surface area contributed by atoms with E-state index < -0.39 is 0 Å². The van der Waals surface area contributed by atoms with E-state index in [0.29, 0.717) is 11.3 Å². The van der Waals surface area contributed by atoms with Crippen LogP contribution in [-0.2, 0) is 11.4 Å². The fourth-order valence-corrected chi connectivity index (χ4v) is 2.02. The lowest BCUT2D eigenvalue weighted by Gasteiger charge is -2.13. The second-order valence-corrected chi connectivity index (χ2v) is 4.92. The maximum atomic E-state index is 11.9. The zero-order chi connectivity index (χ0) is 15.2. The maximum Gasteiger partial charge on any atom is 0.262 e. The van der Waals surface area contributed by atoms with Crippen molar-refractivity contribution in [1.29, 1.82) is 0 Å². The number of amides is 1. The minimum Gasteiger partial charge on any atom is -0.483 e. The van der Waals surface area contributed by atoms with Crippen molar-refractivity contribution in [3.8, 4) is 5.75 Å². The number of anilines is 1. The monoisotopic (exact) mass is 285 g/mol. The van der Waals surface area contributed by atoms with Crippen LogP contribution in [-0.4, -0.2) is 17.6 Å². The van der Waals surface area contributed by atoms with Gasteiger partial charge in [-0.1, -0.05) is 35.9 Å². The van der Waals surface area contributed by atoms with Gasteiger partial charge in [-0.15, -0.1) is 0 Å². The molecule has 2 N–H and O–H groups in total. The molecule has 110 valence electrons. The minimum absolute atomic E-state index is 0.0915. The van der Waals surface area contributed by atoms with Gasteiger partial charge in [-0.2, -0.15) is 0 Å². The van der Waals surface area contributed by atoms with Gasteiger partial charge in [-0.25, -0.2) is 0 Å². The van der Waals surface area contributed by atoms with Crippen molar-refractivity contribution in [2.45, 2.75) is 20.5 Å². The van der Waals surface area contributed by atoms with E-state index in [-0.39, 0.29) is 19.1 Å². The van der Waals surface area contributed by atoms with Gasteiger partial charge in [0.2, 0.25) is 0 Å². The highest BCUT2D eigenvalue weighted by atomic mass is 16.5. The first kappa shape index (κ1) is 15.1. The van der Waals surface area contributed by atoms with E-state index >= 15 is 0 Å². The molecule has 0 bridgehead atoms. The summed E-state index contributed by atoms with van der Waals surface area (Å²) >= 11 is 0. The summed E-state index contributed by atoms with van der Waals surface area (Å²) in [4.78, 5) is 11.9. The van der Waals surface area contributed by atoms with E-state index in [1.807, 2.05) is 50.2 Å². The van der Waals surface area contributed by atoms with Crippen LogP contribution in [0.1, 0.15) is 16.7 Å². The van der Waals surface area contributed by atoms with Crippen molar-refractivity contribution in [2.75, 3.05) is 11.9 Å². The molecule has 0 saturated carbocycles. The Morgan fingerprint density at radius 1 is 1.14 bits per heavy atom. The van der Waals surface area contributed by atoms with Crippen LogP contribution < -0.4 is 10.1 Å². The number of aliphatic hydroxyl groups excluding tert-OH is 1. The third-order valence-corrected chi connectivity index (χ3v) is 3.15. The molecule has 0 unspecified atom stereocenters. The first-order valence-electron chi connectivity index (χ1n) is 6.79. The van der Waals surface area contributed by atoms with E-state index in [9.17, 15) is 9.90 Å². The molecular formula is C17H19NO3. The molecule has 0 aliphatic carbocycles. The molecular weight excluding hydrogens is 266 g/mol. The topological polar surface area (TPSA) is 58.6 Å². The number of aryl methyl sites for hydroxylation is 2. The van der Waals surface area contributed by atoms with Crippen LogP contribution in [0.3, 0.4) is 0 Å². The molecule has 2 rings (SSSR count). The summed E-state index contributed by atoms with van der Waals surface area (Å²) in [5.41, 5.74) is 3.45. The number of benzene rings is 2. The van der Waals surface area contributed by atoms with Crippen LogP contribution in [0.25, 0.3) is 0 Å². The molecule has 0 radical (unpaired) electrons. The normalized spacial score (nSPS) is 10.2. The number of carbonyl (C=O) groups excluding carboxylic acids is 1. The van der Waals surface area contributed by atoms with Crippen LogP contribution in [0.5, 0.6) is 5.75 Å². The van der Waals surface area contributed by atoms with Crippen molar-refractivity contribution < 1.29 is 14.6 Å². The van der Waals surface area contributed by atoms with Crippen LogP contribution >= 0.6 is 0 Å². The third kappa shape index (κ3) is 4.07. The van der Waals surface area contributed by atoms with Crippen molar-refractivity contribution in [3.05, 3.63) is 59.2 Å². The van der Waals surface area contributed by atoms with Crippen LogP contribution in [0.2, 0.25) is 0 Å². The van der Waals surface area contributed by atoms with Crippen LogP contribution in [0.15, 0.2) is 42.5 Å². The lowest BCUT2D eigenvalue weighted by atomic mass is 10.1. The summed E-state index contributed by atoms with van der Waals surface area (Å²) in [6.07, 6.45) is 0. The number of carbonyl (C=O) groups is 1. The van der Waals surface area contributed by atoms with Crippen molar-refractivity contribution in [1.82, 2.24) is 0 Å². The molecule has 0 aliphatic heterocycles. The Hall–Kier alpha value is -2.33. The molecule has 2 aromatic carbocycles. The zero-order valence-electron chi connectivity index (χ0n) is 12.2. The predicted molar refractivity (Wildman–Crippen MR) is 82.4 cm³/mol. The van der Waals surface area contributed by atoms with Gasteiger partial charge in [0.05, 0.1) is 6.61 Å². The Kier molecular flexibility index (Phi) is 4.95. The van der Waals surface area contributed by atoms with E-state index in [4.69, 9.17) is 4.74 Å². The second-order valence-electron chi connectivity index (χ2n) is 4.92. The Bertz CT molecular complexity index is 620. The molecule has 0 aromatic heterocycles. The predicted octanol–water partition coefficient (Wildman–Crippen LogP) is 2.81. The lowest BCUT2D eigenvalue weighted by Crippen LogP contribution is -2.20. The molecule has 2 aromatic rings. The number of aliphatic hydroxyl groups is 1. The summed E-state index contributed by atoms with van der Waals surface area (Å²) in [7, 11) is 0. The van der Waals surface area contributed by atoms with Gasteiger partial charge in [0.15, 0.2) is 6.61 Å². The summed E-state index contributed by atoms with van der Waals surface area (Å²) in [6, 6.07) is 13.1. The van der Waals surface area contributed by atoms with Gasteiger partial charge in [-0.05, 0) is 31.5 Å². The number of rotatable bonds is 5. The molecule has 0 saturated heterocycles. The maximum absolute atomic E-state index is 11.9. The van der Waals surface area contributed by atoms with Gasteiger partial charge in [0.1, 0.15) is 5.75 Å². The second kappa shape index (κ2) is 6.90. The molecule has 0 atom stereocenters. The molecule has 0 fully saturated rings. The first-order chi connectivity index (χ1) is 10.1. The Morgan fingerprint density at radius 3 is 2.52 bits per heavy atom. The largest absolute Gasteiger partial charge is 0.483 e. The zero-order valence-corrected chi connectivity index (χ0v) is 12.2.